The van der Waals surface area contributed by atoms with Crippen molar-refractivity contribution < 1.29 is 4.42 Å². The highest BCUT2D eigenvalue weighted by atomic mass is 16.3. The molecule has 0 aliphatic rings. The third-order valence-electron chi connectivity index (χ3n) is 4.16. The number of aromatic nitrogens is 2. The molecule has 0 aliphatic heterocycles. The Morgan fingerprint density at radius 2 is 1.70 bits per heavy atom. The van der Waals surface area contributed by atoms with E-state index in [0.29, 0.717) is 0 Å². The number of furan rings is 1. The summed E-state index contributed by atoms with van der Waals surface area (Å²) in [6.07, 6.45) is 3.60. The zero-order valence-corrected chi connectivity index (χ0v) is 12.2. The molecule has 0 saturated carbocycles. The molecule has 0 fully saturated rings. The fraction of sp³-hybridized carbons (Fsp3) is 0. The molecule has 0 aliphatic carbocycles. The molecule has 5 aromatic rings. The molecule has 0 radical (unpaired) electrons. The van der Waals surface area contributed by atoms with Crippen LogP contribution in [0.3, 0.4) is 0 Å². The predicted molar refractivity (Wildman–Crippen MR) is 92.3 cm³/mol. The summed E-state index contributed by atoms with van der Waals surface area (Å²) in [6, 6.07) is 20.3. The second-order valence-electron chi connectivity index (χ2n) is 5.54. The summed E-state index contributed by atoms with van der Waals surface area (Å²) < 4.78 is 6.17. The fourth-order valence-corrected chi connectivity index (χ4v) is 3.09. The average molecular weight is 296 g/mol. The Bertz CT molecular complexity index is 1160. The van der Waals surface area contributed by atoms with Gasteiger partial charge in [-0.3, -0.25) is 9.97 Å². The van der Waals surface area contributed by atoms with Gasteiger partial charge in [0, 0.05) is 40.2 Å². The van der Waals surface area contributed by atoms with Crippen LogP contribution in [0.15, 0.2) is 77.5 Å². The molecule has 108 valence electrons. The Labute approximate surface area is 132 Å². The lowest BCUT2D eigenvalue weighted by Gasteiger charge is -2.00. The van der Waals surface area contributed by atoms with Gasteiger partial charge in [0.15, 0.2) is 0 Å². The first-order chi connectivity index (χ1) is 11.4. The van der Waals surface area contributed by atoms with Gasteiger partial charge in [0.25, 0.3) is 0 Å². The van der Waals surface area contributed by atoms with Crippen LogP contribution in [0, 0.1) is 0 Å². The minimum Gasteiger partial charge on any atom is -0.455 e. The van der Waals surface area contributed by atoms with Crippen molar-refractivity contribution >= 4 is 32.8 Å². The van der Waals surface area contributed by atoms with Gasteiger partial charge in [-0.05, 0) is 30.3 Å². The van der Waals surface area contributed by atoms with E-state index in [-0.39, 0.29) is 0 Å². The summed E-state index contributed by atoms with van der Waals surface area (Å²) in [4.78, 5) is 8.86. The minimum absolute atomic E-state index is 0.856. The van der Waals surface area contributed by atoms with Gasteiger partial charge in [-0.1, -0.05) is 24.3 Å². The number of pyridine rings is 2. The molecule has 23 heavy (non-hydrogen) atoms. The van der Waals surface area contributed by atoms with Crippen LogP contribution in [-0.2, 0) is 0 Å². The first-order valence-electron chi connectivity index (χ1n) is 7.51. The number of para-hydroxylation sites is 1. The average Bonchev–Trinajstić information content (AvgIpc) is 2.98. The van der Waals surface area contributed by atoms with E-state index < -0.39 is 0 Å². The van der Waals surface area contributed by atoms with Crippen molar-refractivity contribution in [1.82, 2.24) is 9.97 Å². The van der Waals surface area contributed by atoms with E-state index in [9.17, 15) is 0 Å². The standard InChI is InChI=1S/C20H12N2O/c1-2-9-21-17(8-1)15-7-3-6-14-16-11-13-5-4-10-22-18(13)12-19(16)23-20(14)15/h1-12H. The summed E-state index contributed by atoms with van der Waals surface area (Å²) in [5, 5.41) is 3.33. The summed E-state index contributed by atoms with van der Waals surface area (Å²) in [6.45, 7) is 0. The second-order valence-corrected chi connectivity index (χ2v) is 5.54. The summed E-state index contributed by atoms with van der Waals surface area (Å²) in [5.41, 5.74) is 4.60. The van der Waals surface area contributed by atoms with Crippen LogP contribution < -0.4 is 0 Å². The molecular formula is C20H12N2O. The molecule has 3 aromatic heterocycles. The molecule has 0 bridgehead atoms. The number of hydrogen-bond acceptors (Lipinski definition) is 3. The van der Waals surface area contributed by atoms with E-state index >= 15 is 0 Å². The van der Waals surface area contributed by atoms with E-state index in [0.717, 1.165) is 44.1 Å². The Morgan fingerprint density at radius 1 is 0.739 bits per heavy atom. The number of fused-ring (bicyclic) bond motifs is 4. The topological polar surface area (TPSA) is 38.9 Å². The van der Waals surface area contributed by atoms with Crippen molar-refractivity contribution in [3.8, 4) is 11.3 Å². The van der Waals surface area contributed by atoms with Crippen LogP contribution in [0.2, 0.25) is 0 Å². The van der Waals surface area contributed by atoms with Gasteiger partial charge in [-0.2, -0.15) is 0 Å². The molecule has 5 rings (SSSR count). The third-order valence-corrected chi connectivity index (χ3v) is 4.16. The van der Waals surface area contributed by atoms with Crippen molar-refractivity contribution in [2.24, 2.45) is 0 Å². The van der Waals surface area contributed by atoms with Crippen LogP contribution >= 0.6 is 0 Å². The van der Waals surface area contributed by atoms with Crippen molar-refractivity contribution in [1.29, 1.82) is 0 Å². The van der Waals surface area contributed by atoms with Crippen LogP contribution in [0.5, 0.6) is 0 Å². The van der Waals surface area contributed by atoms with Crippen LogP contribution in [0.1, 0.15) is 0 Å². The van der Waals surface area contributed by atoms with E-state index in [1.54, 1.807) is 12.4 Å². The predicted octanol–water partition coefficient (Wildman–Crippen LogP) is 5.20. The molecular weight excluding hydrogens is 284 g/mol. The Hall–Kier alpha value is -3.20. The quantitative estimate of drug-likeness (QED) is 0.427. The van der Waals surface area contributed by atoms with Gasteiger partial charge in [0.1, 0.15) is 11.2 Å². The highest BCUT2D eigenvalue weighted by Gasteiger charge is 2.13. The van der Waals surface area contributed by atoms with Crippen molar-refractivity contribution in [2.45, 2.75) is 0 Å². The molecule has 3 heteroatoms. The molecule has 0 atom stereocenters. The first kappa shape index (κ1) is 12.4. The normalized spacial score (nSPS) is 11.5. The molecule has 0 spiro atoms. The molecule has 3 nitrogen and oxygen atoms in total. The number of rotatable bonds is 1. The Balaban J connectivity index is 1.91. The van der Waals surface area contributed by atoms with Crippen molar-refractivity contribution in [2.75, 3.05) is 0 Å². The number of benzene rings is 2. The Kier molecular flexibility index (Phi) is 2.50. The maximum absolute atomic E-state index is 6.17. The Morgan fingerprint density at radius 3 is 2.61 bits per heavy atom. The minimum atomic E-state index is 0.856. The fourth-order valence-electron chi connectivity index (χ4n) is 3.09. The lowest BCUT2D eigenvalue weighted by Crippen LogP contribution is -1.81. The van der Waals surface area contributed by atoms with E-state index in [4.69, 9.17) is 4.42 Å². The third kappa shape index (κ3) is 1.83. The number of nitrogens with zero attached hydrogens (tertiary/aromatic N) is 2. The second kappa shape index (κ2) is 4.65. The van der Waals surface area contributed by atoms with Gasteiger partial charge in [-0.25, -0.2) is 0 Å². The van der Waals surface area contributed by atoms with E-state index in [1.807, 2.05) is 36.4 Å². The molecule has 2 aromatic carbocycles. The smallest absolute Gasteiger partial charge is 0.144 e. The lowest BCUT2D eigenvalue weighted by atomic mass is 10.1. The molecule has 0 unspecified atom stereocenters. The highest BCUT2D eigenvalue weighted by molar-refractivity contribution is 6.12. The van der Waals surface area contributed by atoms with Gasteiger partial charge in [0.2, 0.25) is 0 Å². The van der Waals surface area contributed by atoms with Crippen LogP contribution in [0.4, 0.5) is 0 Å². The zero-order valence-electron chi connectivity index (χ0n) is 12.2. The molecule has 0 N–H and O–H groups in total. The van der Waals surface area contributed by atoms with Crippen molar-refractivity contribution in [3.05, 3.63) is 73.1 Å². The monoisotopic (exact) mass is 296 g/mol. The summed E-state index contributed by atoms with van der Waals surface area (Å²) >= 11 is 0. The van der Waals surface area contributed by atoms with Gasteiger partial charge >= 0.3 is 0 Å². The van der Waals surface area contributed by atoms with E-state index in [2.05, 4.69) is 34.2 Å². The number of hydrogen-bond donors (Lipinski definition) is 0. The lowest BCUT2D eigenvalue weighted by molar-refractivity contribution is 0.670. The van der Waals surface area contributed by atoms with Crippen LogP contribution in [-0.4, -0.2) is 9.97 Å². The zero-order chi connectivity index (χ0) is 15.2. The maximum Gasteiger partial charge on any atom is 0.144 e. The largest absolute Gasteiger partial charge is 0.455 e. The van der Waals surface area contributed by atoms with Crippen molar-refractivity contribution in [3.63, 3.8) is 0 Å². The molecule has 0 saturated heterocycles. The SMILES string of the molecule is c1ccc(-c2cccc3c2oc2cc4ncccc4cc23)nc1. The highest BCUT2D eigenvalue weighted by Crippen LogP contribution is 2.36. The van der Waals surface area contributed by atoms with Gasteiger partial charge in [-0.15, -0.1) is 0 Å². The van der Waals surface area contributed by atoms with Gasteiger partial charge in [0.05, 0.1) is 11.2 Å². The summed E-state index contributed by atoms with van der Waals surface area (Å²) in [7, 11) is 0. The van der Waals surface area contributed by atoms with Crippen LogP contribution in [0.25, 0.3) is 44.1 Å². The summed E-state index contributed by atoms with van der Waals surface area (Å²) in [5.74, 6) is 0. The first-order valence-corrected chi connectivity index (χ1v) is 7.51. The molecule has 0 amide bonds. The maximum atomic E-state index is 6.17. The van der Waals surface area contributed by atoms with E-state index in [1.165, 1.54) is 0 Å². The van der Waals surface area contributed by atoms with Gasteiger partial charge < -0.3 is 4.42 Å². The molecule has 3 heterocycles.